The number of rotatable bonds is 4. The molecule has 2 heterocycles. The summed E-state index contributed by atoms with van der Waals surface area (Å²) in [6.07, 6.45) is 1.81. The fraction of sp³-hybridized carbons (Fsp3) is 0.368. The quantitative estimate of drug-likeness (QED) is 0.908. The molecular weight excluding hydrogens is 337 g/mol. The fourth-order valence-electron chi connectivity index (χ4n) is 3.46. The highest BCUT2D eigenvalue weighted by molar-refractivity contribution is 5.93. The summed E-state index contributed by atoms with van der Waals surface area (Å²) in [7, 11) is 1.76. The molecule has 0 bridgehead atoms. The lowest BCUT2D eigenvalue weighted by Crippen LogP contribution is -2.49. The lowest BCUT2D eigenvalue weighted by atomic mass is 10.1. The van der Waals surface area contributed by atoms with Crippen molar-refractivity contribution < 1.29 is 19.1 Å². The van der Waals surface area contributed by atoms with Crippen molar-refractivity contribution in [1.82, 2.24) is 9.47 Å². The fourth-order valence-corrected chi connectivity index (χ4v) is 3.46. The third kappa shape index (κ3) is 3.56. The third-order valence-corrected chi connectivity index (χ3v) is 4.85. The van der Waals surface area contributed by atoms with Gasteiger partial charge in [-0.05, 0) is 36.8 Å². The van der Waals surface area contributed by atoms with E-state index in [0.717, 1.165) is 5.69 Å². The van der Waals surface area contributed by atoms with Gasteiger partial charge in [0.1, 0.15) is 5.82 Å². The number of halogens is 1. The minimum Gasteiger partial charge on any atom is -0.478 e. The van der Waals surface area contributed by atoms with Gasteiger partial charge in [-0.25, -0.2) is 9.18 Å². The van der Waals surface area contributed by atoms with Crippen LogP contribution in [0.3, 0.4) is 0 Å². The average Bonchev–Trinajstić information content (AvgIpc) is 2.89. The molecule has 0 spiro atoms. The van der Waals surface area contributed by atoms with Crippen molar-refractivity contribution in [3.63, 3.8) is 0 Å². The summed E-state index contributed by atoms with van der Waals surface area (Å²) in [6, 6.07) is 6.33. The maximum absolute atomic E-state index is 13.0. The van der Waals surface area contributed by atoms with Crippen LogP contribution >= 0.6 is 0 Å². The molecule has 0 unspecified atom stereocenters. The molecule has 1 aliphatic rings. The monoisotopic (exact) mass is 359 g/mol. The Morgan fingerprint density at radius 2 is 1.73 bits per heavy atom. The van der Waals surface area contributed by atoms with Crippen molar-refractivity contribution in [3.05, 3.63) is 53.1 Å². The van der Waals surface area contributed by atoms with Gasteiger partial charge in [0.15, 0.2) is 0 Å². The van der Waals surface area contributed by atoms with E-state index in [2.05, 4.69) is 4.90 Å². The number of carbonyl (C=O) groups is 2. The Balaban J connectivity index is 1.64. The molecule has 26 heavy (non-hydrogen) atoms. The first-order chi connectivity index (χ1) is 12.4. The highest BCUT2D eigenvalue weighted by Crippen LogP contribution is 2.20. The number of carboxylic acids is 1. The number of hydrogen-bond acceptors (Lipinski definition) is 3. The molecule has 0 atom stereocenters. The van der Waals surface area contributed by atoms with Crippen LogP contribution in [-0.2, 0) is 18.3 Å². The molecule has 3 rings (SSSR count). The van der Waals surface area contributed by atoms with Crippen LogP contribution in [0.2, 0.25) is 0 Å². The zero-order chi connectivity index (χ0) is 18.8. The molecule has 1 aromatic carbocycles. The molecule has 1 amide bonds. The Kier molecular flexibility index (Phi) is 4.97. The second-order valence-corrected chi connectivity index (χ2v) is 6.57. The second kappa shape index (κ2) is 7.19. The number of aromatic nitrogens is 1. The van der Waals surface area contributed by atoms with Gasteiger partial charge in [0, 0.05) is 50.8 Å². The first-order valence-electron chi connectivity index (χ1n) is 8.53. The SMILES string of the molecule is Cc1cn(C)c(CC(=O)N2CCN(c3ccc(F)cc3)CC2)c1C(=O)O. The van der Waals surface area contributed by atoms with E-state index in [-0.39, 0.29) is 23.7 Å². The molecule has 1 aromatic heterocycles. The molecule has 1 fully saturated rings. The molecule has 6 nitrogen and oxygen atoms in total. The van der Waals surface area contributed by atoms with Gasteiger partial charge in [-0.3, -0.25) is 4.79 Å². The number of aromatic carboxylic acids is 1. The van der Waals surface area contributed by atoms with Gasteiger partial charge in [0.2, 0.25) is 5.91 Å². The maximum Gasteiger partial charge on any atom is 0.337 e. The van der Waals surface area contributed by atoms with Crippen LogP contribution in [0.25, 0.3) is 0 Å². The average molecular weight is 359 g/mol. The normalized spacial score (nSPS) is 14.6. The van der Waals surface area contributed by atoms with Crippen molar-refractivity contribution in [1.29, 1.82) is 0 Å². The molecule has 1 N–H and O–H groups in total. The highest BCUT2D eigenvalue weighted by atomic mass is 19.1. The summed E-state index contributed by atoms with van der Waals surface area (Å²) < 4.78 is 14.8. The van der Waals surface area contributed by atoms with Crippen LogP contribution in [-0.4, -0.2) is 52.6 Å². The van der Waals surface area contributed by atoms with E-state index >= 15 is 0 Å². The number of piperazine rings is 1. The Morgan fingerprint density at radius 3 is 2.31 bits per heavy atom. The van der Waals surface area contributed by atoms with Gasteiger partial charge >= 0.3 is 5.97 Å². The summed E-state index contributed by atoms with van der Waals surface area (Å²) in [4.78, 5) is 28.0. The van der Waals surface area contributed by atoms with Gasteiger partial charge in [0.25, 0.3) is 0 Å². The summed E-state index contributed by atoms with van der Waals surface area (Å²) in [5.41, 5.74) is 2.33. The van der Waals surface area contributed by atoms with E-state index in [1.807, 2.05) is 0 Å². The predicted molar refractivity (Wildman–Crippen MR) is 96.0 cm³/mol. The lowest BCUT2D eigenvalue weighted by molar-refractivity contribution is -0.130. The number of carboxylic acid groups (broad SMARTS) is 1. The zero-order valence-corrected chi connectivity index (χ0v) is 14.9. The Hall–Kier alpha value is -2.83. The molecule has 0 radical (unpaired) electrons. The number of anilines is 1. The third-order valence-electron chi connectivity index (χ3n) is 4.85. The second-order valence-electron chi connectivity index (χ2n) is 6.57. The van der Waals surface area contributed by atoms with E-state index in [1.165, 1.54) is 12.1 Å². The number of nitrogens with zero attached hydrogens (tertiary/aromatic N) is 3. The van der Waals surface area contributed by atoms with Crippen molar-refractivity contribution in [2.75, 3.05) is 31.1 Å². The maximum atomic E-state index is 13.0. The highest BCUT2D eigenvalue weighted by Gasteiger charge is 2.25. The minimum absolute atomic E-state index is 0.0719. The first kappa shape index (κ1) is 18.0. The number of benzene rings is 1. The molecule has 2 aromatic rings. The van der Waals surface area contributed by atoms with E-state index in [4.69, 9.17) is 0 Å². The van der Waals surface area contributed by atoms with Crippen LogP contribution < -0.4 is 4.90 Å². The summed E-state index contributed by atoms with van der Waals surface area (Å²) >= 11 is 0. The van der Waals surface area contributed by atoms with Crippen LogP contribution in [0.1, 0.15) is 21.6 Å². The molecule has 138 valence electrons. The largest absolute Gasteiger partial charge is 0.478 e. The van der Waals surface area contributed by atoms with Crippen molar-refractivity contribution in [3.8, 4) is 0 Å². The Labute approximate surface area is 151 Å². The van der Waals surface area contributed by atoms with Gasteiger partial charge in [-0.2, -0.15) is 0 Å². The zero-order valence-electron chi connectivity index (χ0n) is 14.9. The number of hydrogen-bond donors (Lipinski definition) is 1. The van der Waals surface area contributed by atoms with E-state index < -0.39 is 5.97 Å². The molecule has 0 saturated carbocycles. The van der Waals surface area contributed by atoms with Gasteiger partial charge in [-0.1, -0.05) is 0 Å². The van der Waals surface area contributed by atoms with Crippen LogP contribution in [0.5, 0.6) is 0 Å². The van der Waals surface area contributed by atoms with Gasteiger partial charge in [-0.15, -0.1) is 0 Å². The van der Waals surface area contributed by atoms with Crippen molar-refractivity contribution in [2.45, 2.75) is 13.3 Å². The summed E-state index contributed by atoms with van der Waals surface area (Å²) in [5, 5.41) is 9.39. The van der Waals surface area contributed by atoms with Gasteiger partial charge < -0.3 is 19.5 Å². The summed E-state index contributed by atoms with van der Waals surface area (Å²) in [5.74, 6) is -1.35. The molecule has 1 aliphatic heterocycles. The van der Waals surface area contributed by atoms with E-state index in [0.29, 0.717) is 37.4 Å². The summed E-state index contributed by atoms with van der Waals surface area (Å²) in [6.45, 7) is 4.17. The van der Waals surface area contributed by atoms with E-state index in [9.17, 15) is 19.1 Å². The molecular formula is C19H22FN3O3. The van der Waals surface area contributed by atoms with Crippen LogP contribution in [0, 0.1) is 12.7 Å². The topological polar surface area (TPSA) is 65.8 Å². The van der Waals surface area contributed by atoms with Gasteiger partial charge in [0.05, 0.1) is 12.0 Å². The van der Waals surface area contributed by atoms with Crippen LogP contribution in [0.4, 0.5) is 10.1 Å². The lowest BCUT2D eigenvalue weighted by Gasteiger charge is -2.36. The Morgan fingerprint density at radius 1 is 1.12 bits per heavy atom. The molecule has 7 heteroatoms. The van der Waals surface area contributed by atoms with E-state index in [1.54, 1.807) is 41.8 Å². The number of aryl methyl sites for hydroxylation is 2. The first-order valence-corrected chi connectivity index (χ1v) is 8.53. The standard InChI is InChI=1S/C19H22FN3O3/c1-13-12-21(2)16(18(13)19(25)26)11-17(24)23-9-7-22(8-10-23)15-5-3-14(20)4-6-15/h3-6,12H,7-11H2,1-2H3,(H,25,26). The number of carbonyl (C=O) groups excluding carboxylic acids is 1. The molecule has 1 saturated heterocycles. The number of amides is 1. The minimum atomic E-state index is -1.01. The Bertz CT molecular complexity index is 821. The smallest absolute Gasteiger partial charge is 0.337 e. The van der Waals surface area contributed by atoms with Crippen LogP contribution in [0.15, 0.2) is 30.5 Å². The van der Waals surface area contributed by atoms with Crippen molar-refractivity contribution >= 4 is 17.6 Å². The molecule has 0 aliphatic carbocycles. The predicted octanol–water partition coefficient (Wildman–Crippen LogP) is 2.06. The van der Waals surface area contributed by atoms with Crippen molar-refractivity contribution in [2.24, 2.45) is 7.05 Å².